The van der Waals surface area contributed by atoms with Gasteiger partial charge in [-0.15, -0.1) is 0 Å². The van der Waals surface area contributed by atoms with Gasteiger partial charge in [0.05, 0.1) is 28.8 Å². The van der Waals surface area contributed by atoms with Gasteiger partial charge in [0.2, 0.25) is 0 Å². The van der Waals surface area contributed by atoms with Gasteiger partial charge in [-0.1, -0.05) is 18.2 Å². The Kier molecular flexibility index (Phi) is 6.13. The lowest BCUT2D eigenvalue weighted by atomic mass is 10.1. The lowest BCUT2D eigenvalue weighted by molar-refractivity contribution is -0.122. The number of carboxylic acids is 1. The van der Waals surface area contributed by atoms with Gasteiger partial charge in [0.25, 0.3) is 5.91 Å². The van der Waals surface area contributed by atoms with E-state index in [1.165, 1.54) is 35.9 Å². The molecule has 1 saturated heterocycles. The number of aromatic carboxylic acids is 1. The van der Waals surface area contributed by atoms with Crippen molar-refractivity contribution in [2.45, 2.75) is 6.92 Å². The molecule has 0 atom stereocenters. The van der Waals surface area contributed by atoms with Crippen molar-refractivity contribution in [3.63, 3.8) is 0 Å². The number of hydrogen-bond donors (Lipinski definition) is 1. The predicted molar refractivity (Wildman–Crippen MR) is 111 cm³/mol. The Morgan fingerprint density at radius 3 is 2.52 bits per heavy atom. The summed E-state index contributed by atoms with van der Waals surface area (Å²) in [5.41, 5.74) is 1.78. The molecule has 1 aliphatic rings. The number of carbonyl (C=O) groups excluding carboxylic acids is 2. The molecule has 148 valence electrons. The molecule has 7 nitrogen and oxygen atoms in total. The maximum absolute atomic E-state index is 12.7. The molecule has 0 aromatic heterocycles. The van der Waals surface area contributed by atoms with E-state index in [-0.39, 0.29) is 11.5 Å². The molecule has 8 heteroatoms. The van der Waals surface area contributed by atoms with E-state index < -0.39 is 11.9 Å². The summed E-state index contributed by atoms with van der Waals surface area (Å²) in [4.78, 5) is 41.9. The van der Waals surface area contributed by atoms with Crippen LogP contribution in [0.5, 0.6) is 0 Å². The number of likely N-dealkylation sites (N-methyl/N-ethyl adjacent to an activating group) is 1. The zero-order valence-electron chi connectivity index (χ0n) is 15.8. The van der Waals surface area contributed by atoms with Crippen molar-refractivity contribution in [3.05, 3.63) is 70.1 Å². The lowest BCUT2D eigenvalue weighted by Crippen LogP contribution is -2.28. The Hall–Kier alpha value is -3.39. The minimum Gasteiger partial charge on any atom is -0.478 e. The van der Waals surface area contributed by atoms with Crippen molar-refractivity contribution in [2.24, 2.45) is 4.99 Å². The lowest BCUT2D eigenvalue weighted by Gasteiger charge is -2.12. The number of benzene rings is 2. The third-order valence-corrected chi connectivity index (χ3v) is 5.16. The van der Waals surface area contributed by atoms with Crippen molar-refractivity contribution in [3.8, 4) is 0 Å². The number of thioether (sulfide) groups is 1. The number of esters is 1. The SMILES string of the molecule is CCN1C(=O)/C(=C/c2ccc(C(=O)OC)cc2)SC1=Nc1cccc(C(=O)O)c1. The van der Waals surface area contributed by atoms with Crippen LogP contribution in [-0.4, -0.2) is 46.7 Å². The Morgan fingerprint density at radius 1 is 1.17 bits per heavy atom. The van der Waals surface area contributed by atoms with E-state index in [9.17, 15) is 14.4 Å². The third-order valence-electron chi connectivity index (χ3n) is 4.15. The van der Waals surface area contributed by atoms with E-state index in [2.05, 4.69) is 9.73 Å². The van der Waals surface area contributed by atoms with E-state index in [4.69, 9.17) is 5.11 Å². The maximum atomic E-state index is 12.7. The molecule has 0 unspecified atom stereocenters. The molecule has 3 rings (SSSR count). The van der Waals surface area contributed by atoms with Crippen LogP contribution in [0.4, 0.5) is 5.69 Å². The smallest absolute Gasteiger partial charge is 0.337 e. The van der Waals surface area contributed by atoms with Crippen molar-refractivity contribution < 1.29 is 24.2 Å². The number of methoxy groups -OCH3 is 1. The Balaban J connectivity index is 1.88. The van der Waals surface area contributed by atoms with E-state index >= 15 is 0 Å². The number of amidine groups is 1. The summed E-state index contributed by atoms with van der Waals surface area (Å²) in [5.74, 6) is -1.64. The van der Waals surface area contributed by atoms with Gasteiger partial charge in [0, 0.05) is 6.54 Å². The monoisotopic (exact) mass is 410 g/mol. The van der Waals surface area contributed by atoms with Crippen molar-refractivity contribution >= 4 is 46.5 Å². The van der Waals surface area contributed by atoms with Gasteiger partial charge in [0.15, 0.2) is 5.17 Å². The molecule has 0 aliphatic carbocycles. The summed E-state index contributed by atoms with van der Waals surface area (Å²) >= 11 is 1.22. The van der Waals surface area contributed by atoms with Gasteiger partial charge >= 0.3 is 11.9 Å². The molecular formula is C21H18N2O5S. The van der Waals surface area contributed by atoms with Gasteiger partial charge in [-0.05, 0) is 60.7 Å². The van der Waals surface area contributed by atoms with Gasteiger partial charge in [0.1, 0.15) is 0 Å². The second-order valence-electron chi connectivity index (χ2n) is 6.02. The summed E-state index contributed by atoms with van der Waals surface area (Å²) in [6.07, 6.45) is 1.73. The number of carbonyl (C=O) groups is 3. The summed E-state index contributed by atoms with van der Waals surface area (Å²) in [5, 5.41) is 9.61. The average Bonchev–Trinajstić information content (AvgIpc) is 3.02. The van der Waals surface area contributed by atoms with Crippen molar-refractivity contribution in [1.82, 2.24) is 4.90 Å². The maximum Gasteiger partial charge on any atom is 0.337 e. The second kappa shape index (κ2) is 8.74. The summed E-state index contributed by atoms with van der Waals surface area (Å²) in [7, 11) is 1.32. The number of amides is 1. The van der Waals surface area contributed by atoms with E-state index in [1.54, 1.807) is 42.5 Å². The van der Waals surface area contributed by atoms with Gasteiger partial charge < -0.3 is 9.84 Å². The molecule has 1 heterocycles. The highest BCUT2D eigenvalue weighted by atomic mass is 32.2. The number of carboxylic acid groups (broad SMARTS) is 1. The number of aliphatic imine (C=N–C) groups is 1. The van der Waals surface area contributed by atoms with Crippen LogP contribution in [-0.2, 0) is 9.53 Å². The van der Waals surface area contributed by atoms with Crippen LogP contribution in [0.3, 0.4) is 0 Å². The first-order valence-corrected chi connectivity index (χ1v) is 9.56. The van der Waals surface area contributed by atoms with E-state index in [1.807, 2.05) is 6.92 Å². The van der Waals surface area contributed by atoms with Crippen LogP contribution < -0.4 is 0 Å². The standard InChI is InChI=1S/C21H18N2O5S/c1-3-23-18(24)17(11-13-7-9-14(10-8-13)20(27)28-2)29-21(23)22-16-6-4-5-15(12-16)19(25)26/h4-12H,3H2,1-2H3,(H,25,26)/b17-11-,22-21?. The Morgan fingerprint density at radius 2 is 1.90 bits per heavy atom. The first-order chi connectivity index (χ1) is 13.9. The summed E-state index contributed by atoms with van der Waals surface area (Å²) in [6, 6.07) is 13.0. The first kappa shape index (κ1) is 20.3. The molecule has 0 saturated carbocycles. The highest BCUT2D eigenvalue weighted by Crippen LogP contribution is 2.34. The number of nitrogens with zero attached hydrogens (tertiary/aromatic N) is 2. The zero-order chi connectivity index (χ0) is 21.0. The van der Waals surface area contributed by atoms with Crippen molar-refractivity contribution in [1.29, 1.82) is 0 Å². The number of ether oxygens (including phenoxy) is 1. The molecule has 1 N–H and O–H groups in total. The molecular weight excluding hydrogens is 392 g/mol. The summed E-state index contributed by atoms with van der Waals surface area (Å²) < 4.78 is 4.68. The van der Waals surface area contributed by atoms with Crippen LogP contribution in [0.1, 0.15) is 33.2 Å². The minimum atomic E-state index is -1.04. The predicted octanol–water partition coefficient (Wildman–Crippen LogP) is 3.80. The fourth-order valence-corrected chi connectivity index (χ4v) is 3.74. The molecule has 2 aromatic carbocycles. The van der Waals surface area contributed by atoms with Crippen LogP contribution in [0.2, 0.25) is 0 Å². The average molecular weight is 410 g/mol. The number of hydrogen-bond acceptors (Lipinski definition) is 6. The quantitative estimate of drug-likeness (QED) is 0.595. The van der Waals surface area contributed by atoms with Crippen LogP contribution in [0, 0.1) is 0 Å². The topological polar surface area (TPSA) is 96.3 Å². The number of rotatable bonds is 5. The van der Waals surface area contributed by atoms with E-state index in [0.29, 0.717) is 27.9 Å². The third kappa shape index (κ3) is 4.55. The molecule has 1 aliphatic heterocycles. The molecule has 0 radical (unpaired) electrons. The largest absolute Gasteiger partial charge is 0.478 e. The highest BCUT2D eigenvalue weighted by Gasteiger charge is 2.32. The van der Waals surface area contributed by atoms with Crippen LogP contribution >= 0.6 is 11.8 Å². The fourth-order valence-electron chi connectivity index (χ4n) is 2.67. The second-order valence-corrected chi connectivity index (χ2v) is 7.03. The molecule has 29 heavy (non-hydrogen) atoms. The van der Waals surface area contributed by atoms with Crippen LogP contribution in [0.15, 0.2) is 58.4 Å². The molecule has 0 spiro atoms. The van der Waals surface area contributed by atoms with Crippen molar-refractivity contribution in [2.75, 3.05) is 13.7 Å². The molecule has 1 fully saturated rings. The van der Waals surface area contributed by atoms with Gasteiger partial charge in [-0.2, -0.15) is 0 Å². The fraction of sp³-hybridized carbons (Fsp3) is 0.143. The first-order valence-electron chi connectivity index (χ1n) is 8.74. The zero-order valence-corrected chi connectivity index (χ0v) is 16.6. The molecule has 2 aromatic rings. The highest BCUT2D eigenvalue weighted by molar-refractivity contribution is 8.18. The normalized spacial score (nSPS) is 16.5. The van der Waals surface area contributed by atoms with Gasteiger partial charge in [-0.25, -0.2) is 14.6 Å². The summed E-state index contributed by atoms with van der Waals surface area (Å²) in [6.45, 7) is 2.28. The van der Waals surface area contributed by atoms with E-state index in [0.717, 1.165) is 5.56 Å². The Labute approximate surface area is 171 Å². The Bertz CT molecular complexity index is 1030. The minimum absolute atomic E-state index is 0.130. The van der Waals surface area contributed by atoms with Gasteiger partial charge in [-0.3, -0.25) is 9.69 Å². The molecule has 0 bridgehead atoms. The van der Waals surface area contributed by atoms with Crippen LogP contribution in [0.25, 0.3) is 6.08 Å². The molecule has 1 amide bonds.